The number of benzene rings is 1. The van der Waals surface area contributed by atoms with E-state index in [1.165, 1.54) is 12.8 Å². The van der Waals surface area contributed by atoms with Gasteiger partial charge in [0.2, 0.25) is 5.91 Å². The Morgan fingerprint density at radius 3 is 2.62 bits per heavy atom. The molecule has 1 aliphatic heterocycles. The topological polar surface area (TPSA) is 67.6 Å². The van der Waals surface area contributed by atoms with Crippen LogP contribution in [0.5, 0.6) is 0 Å². The van der Waals surface area contributed by atoms with E-state index in [0.29, 0.717) is 0 Å². The van der Waals surface area contributed by atoms with Gasteiger partial charge >= 0.3 is 0 Å². The molecule has 1 amide bonds. The van der Waals surface area contributed by atoms with Gasteiger partial charge in [-0.1, -0.05) is 30.3 Å². The first-order valence-corrected chi connectivity index (χ1v) is 7.53. The maximum absolute atomic E-state index is 12.2. The molecule has 0 spiro atoms. The smallest absolute Gasteiger partial charge is 0.239 e. The number of likely N-dealkylation sites (tertiary alicyclic amines) is 1. The molecule has 0 radical (unpaired) electrons. The SMILES string of the molecule is COCC(N)C(=O)NC(CN1CCCC1)c1ccccc1. The predicted molar refractivity (Wildman–Crippen MR) is 82.9 cm³/mol. The molecule has 21 heavy (non-hydrogen) atoms. The Hall–Kier alpha value is -1.43. The number of rotatable bonds is 7. The van der Waals surface area contributed by atoms with Gasteiger partial charge in [0.05, 0.1) is 12.6 Å². The van der Waals surface area contributed by atoms with E-state index in [4.69, 9.17) is 10.5 Å². The van der Waals surface area contributed by atoms with E-state index >= 15 is 0 Å². The molecule has 0 aromatic heterocycles. The van der Waals surface area contributed by atoms with Gasteiger partial charge in [0.1, 0.15) is 6.04 Å². The van der Waals surface area contributed by atoms with Crippen molar-refractivity contribution in [1.82, 2.24) is 10.2 Å². The Morgan fingerprint density at radius 2 is 2.00 bits per heavy atom. The van der Waals surface area contributed by atoms with Crippen molar-refractivity contribution in [1.29, 1.82) is 0 Å². The van der Waals surface area contributed by atoms with Crippen LogP contribution in [-0.2, 0) is 9.53 Å². The summed E-state index contributed by atoms with van der Waals surface area (Å²) in [5.74, 6) is -0.162. The number of amides is 1. The maximum Gasteiger partial charge on any atom is 0.239 e. The van der Waals surface area contributed by atoms with Crippen molar-refractivity contribution in [3.05, 3.63) is 35.9 Å². The van der Waals surface area contributed by atoms with Gasteiger partial charge in [-0.05, 0) is 31.5 Å². The van der Waals surface area contributed by atoms with Crippen molar-refractivity contribution in [3.63, 3.8) is 0 Å². The molecular weight excluding hydrogens is 266 g/mol. The third-order valence-corrected chi connectivity index (χ3v) is 3.84. The largest absolute Gasteiger partial charge is 0.383 e. The zero-order valence-electron chi connectivity index (χ0n) is 12.6. The Balaban J connectivity index is 2.02. The summed E-state index contributed by atoms with van der Waals surface area (Å²) in [6.07, 6.45) is 2.47. The summed E-state index contributed by atoms with van der Waals surface area (Å²) in [7, 11) is 1.55. The molecule has 2 unspecified atom stereocenters. The summed E-state index contributed by atoms with van der Waals surface area (Å²) < 4.78 is 4.95. The second kappa shape index (κ2) is 8.12. The molecule has 1 heterocycles. The predicted octanol–water partition coefficient (Wildman–Crippen LogP) is 0.913. The summed E-state index contributed by atoms with van der Waals surface area (Å²) in [6, 6.07) is 9.40. The van der Waals surface area contributed by atoms with Crippen LogP contribution in [0.3, 0.4) is 0 Å². The van der Waals surface area contributed by atoms with E-state index < -0.39 is 6.04 Å². The van der Waals surface area contributed by atoms with Crippen LogP contribution in [-0.4, -0.2) is 50.2 Å². The van der Waals surface area contributed by atoms with Crippen LogP contribution < -0.4 is 11.1 Å². The van der Waals surface area contributed by atoms with Crippen molar-refractivity contribution < 1.29 is 9.53 Å². The van der Waals surface area contributed by atoms with Crippen LogP contribution in [0.15, 0.2) is 30.3 Å². The Kier molecular flexibility index (Phi) is 6.17. The Labute approximate surface area is 126 Å². The van der Waals surface area contributed by atoms with Gasteiger partial charge < -0.3 is 20.7 Å². The van der Waals surface area contributed by atoms with Gasteiger partial charge in [-0.25, -0.2) is 0 Å². The Morgan fingerprint density at radius 1 is 1.33 bits per heavy atom. The average molecular weight is 291 g/mol. The molecule has 0 saturated carbocycles. The minimum atomic E-state index is -0.625. The van der Waals surface area contributed by atoms with Gasteiger partial charge in [-0.3, -0.25) is 4.79 Å². The third-order valence-electron chi connectivity index (χ3n) is 3.84. The highest BCUT2D eigenvalue weighted by molar-refractivity contribution is 5.82. The fourth-order valence-electron chi connectivity index (χ4n) is 2.68. The Bertz CT molecular complexity index is 432. The van der Waals surface area contributed by atoms with Crippen LogP contribution in [0.4, 0.5) is 0 Å². The lowest BCUT2D eigenvalue weighted by Crippen LogP contribution is -2.47. The summed E-state index contributed by atoms with van der Waals surface area (Å²) in [4.78, 5) is 14.5. The number of nitrogens with two attached hydrogens (primary N) is 1. The zero-order valence-corrected chi connectivity index (χ0v) is 12.6. The number of hydrogen-bond acceptors (Lipinski definition) is 4. The third kappa shape index (κ3) is 4.81. The average Bonchev–Trinajstić information content (AvgIpc) is 3.00. The van der Waals surface area contributed by atoms with E-state index in [0.717, 1.165) is 25.2 Å². The van der Waals surface area contributed by atoms with Crippen molar-refractivity contribution >= 4 is 5.91 Å². The molecule has 1 aromatic carbocycles. The second-order valence-electron chi connectivity index (χ2n) is 5.54. The second-order valence-corrected chi connectivity index (χ2v) is 5.54. The number of nitrogens with one attached hydrogen (secondary N) is 1. The van der Waals surface area contributed by atoms with Crippen molar-refractivity contribution in [2.45, 2.75) is 24.9 Å². The molecule has 2 atom stereocenters. The molecule has 3 N–H and O–H groups in total. The molecular formula is C16H25N3O2. The van der Waals surface area contributed by atoms with E-state index in [1.807, 2.05) is 30.3 Å². The summed E-state index contributed by atoms with van der Waals surface area (Å²) in [6.45, 7) is 3.26. The quantitative estimate of drug-likeness (QED) is 0.784. The van der Waals surface area contributed by atoms with Crippen molar-refractivity contribution in [2.24, 2.45) is 5.73 Å². The molecule has 1 saturated heterocycles. The minimum absolute atomic E-state index is 0.0280. The highest BCUT2D eigenvalue weighted by Gasteiger charge is 2.22. The molecule has 5 heteroatoms. The number of carbonyl (C=O) groups excluding carboxylic acids is 1. The molecule has 0 bridgehead atoms. The van der Waals surface area contributed by atoms with Gasteiger partial charge in [-0.15, -0.1) is 0 Å². The number of hydrogen-bond donors (Lipinski definition) is 2. The molecule has 0 aliphatic carbocycles. The summed E-state index contributed by atoms with van der Waals surface area (Å²) >= 11 is 0. The normalized spacial score (nSPS) is 18.4. The van der Waals surface area contributed by atoms with Crippen molar-refractivity contribution in [3.8, 4) is 0 Å². The lowest BCUT2D eigenvalue weighted by molar-refractivity contribution is -0.124. The van der Waals surface area contributed by atoms with Crippen LogP contribution in [0.2, 0.25) is 0 Å². The first-order valence-electron chi connectivity index (χ1n) is 7.53. The van der Waals surface area contributed by atoms with Crippen molar-refractivity contribution in [2.75, 3.05) is 33.4 Å². The number of carbonyl (C=O) groups is 1. The number of ether oxygens (including phenoxy) is 1. The van der Waals surface area contributed by atoms with Crippen LogP contribution in [0.25, 0.3) is 0 Å². The summed E-state index contributed by atoms with van der Waals surface area (Å²) in [5, 5.41) is 3.06. The molecule has 1 aromatic rings. The van der Waals surface area contributed by atoms with E-state index in [9.17, 15) is 4.79 Å². The van der Waals surface area contributed by atoms with E-state index in [-0.39, 0.29) is 18.6 Å². The molecule has 2 rings (SSSR count). The zero-order chi connectivity index (χ0) is 15.1. The highest BCUT2D eigenvalue weighted by atomic mass is 16.5. The van der Waals surface area contributed by atoms with Crippen LogP contribution >= 0.6 is 0 Å². The lowest BCUT2D eigenvalue weighted by atomic mass is 10.1. The minimum Gasteiger partial charge on any atom is -0.383 e. The van der Waals surface area contributed by atoms with E-state index in [2.05, 4.69) is 10.2 Å². The maximum atomic E-state index is 12.2. The van der Waals surface area contributed by atoms with Gasteiger partial charge in [0.25, 0.3) is 0 Å². The monoisotopic (exact) mass is 291 g/mol. The molecule has 1 fully saturated rings. The van der Waals surface area contributed by atoms with Crippen LogP contribution in [0.1, 0.15) is 24.4 Å². The first-order chi connectivity index (χ1) is 10.2. The summed E-state index contributed by atoms with van der Waals surface area (Å²) in [5.41, 5.74) is 6.92. The van der Waals surface area contributed by atoms with Crippen LogP contribution in [0, 0.1) is 0 Å². The fourth-order valence-corrected chi connectivity index (χ4v) is 2.68. The van der Waals surface area contributed by atoms with Gasteiger partial charge in [0, 0.05) is 13.7 Å². The lowest BCUT2D eigenvalue weighted by Gasteiger charge is -2.26. The molecule has 5 nitrogen and oxygen atoms in total. The standard InChI is InChI=1S/C16H25N3O2/c1-21-12-14(17)16(20)18-15(11-19-9-5-6-10-19)13-7-3-2-4-8-13/h2-4,7-8,14-15H,5-6,9-12,17H2,1H3,(H,18,20). The fraction of sp³-hybridized carbons (Fsp3) is 0.562. The number of methoxy groups -OCH3 is 1. The molecule has 116 valence electrons. The van der Waals surface area contributed by atoms with E-state index in [1.54, 1.807) is 7.11 Å². The van der Waals surface area contributed by atoms with Gasteiger partial charge in [0.15, 0.2) is 0 Å². The molecule has 1 aliphatic rings. The highest BCUT2D eigenvalue weighted by Crippen LogP contribution is 2.17. The number of nitrogens with zero attached hydrogens (tertiary/aromatic N) is 1. The van der Waals surface area contributed by atoms with Gasteiger partial charge in [-0.2, -0.15) is 0 Å². The first kappa shape index (κ1) is 15.9.